The number of ether oxygens (including phenoxy) is 1. The van der Waals surface area contributed by atoms with Gasteiger partial charge in [-0.3, -0.25) is 14.4 Å². The van der Waals surface area contributed by atoms with E-state index in [4.69, 9.17) is 20.8 Å². The fourth-order valence-corrected chi connectivity index (χ4v) is 12.2. The number of esters is 1. The number of carbonyl (C=O) groups is 3. The van der Waals surface area contributed by atoms with Gasteiger partial charge in [0.05, 0.1) is 34.3 Å². The lowest BCUT2D eigenvalue weighted by molar-refractivity contribution is -0.178. The van der Waals surface area contributed by atoms with Crippen LogP contribution in [0, 0.1) is 16.2 Å². The molecule has 2 heterocycles. The van der Waals surface area contributed by atoms with Gasteiger partial charge < -0.3 is 24.3 Å². The summed E-state index contributed by atoms with van der Waals surface area (Å²) in [4.78, 5) is 45.8. The summed E-state index contributed by atoms with van der Waals surface area (Å²) in [6, 6.07) is 25.2. The summed E-state index contributed by atoms with van der Waals surface area (Å²) < 4.78 is 53.5. The van der Waals surface area contributed by atoms with Crippen LogP contribution in [0.3, 0.4) is 0 Å². The van der Waals surface area contributed by atoms with Crippen molar-refractivity contribution in [1.82, 2.24) is 4.90 Å². The SMILES string of the molecule is CC1=CCC[C@@]2(C)[C@@H](CC[C@@]2(O)CN(Cc2cccc3ccccc23)C(=O)[C@@]23CC[C@@](C)(C(=O)O2)C3(C)C)c2ccc(cc2C(=O)c2ccc(-c3cc(C(F)(F)F)ccc3Cl)o2)C[C@@H](O)CC1. The number of hydrogen-bond donors (Lipinski definition) is 2. The quantitative estimate of drug-likeness (QED) is 0.0904. The van der Waals surface area contributed by atoms with Crippen molar-refractivity contribution in [2.45, 2.75) is 128 Å². The van der Waals surface area contributed by atoms with Crippen LogP contribution >= 0.6 is 11.6 Å². The van der Waals surface area contributed by atoms with Crippen LogP contribution in [0.15, 0.2) is 107 Å². The molecule has 0 unspecified atom stereocenters. The van der Waals surface area contributed by atoms with Gasteiger partial charge in [-0.1, -0.05) is 98.6 Å². The second-order valence-corrected chi connectivity index (χ2v) is 21.0. The second-order valence-electron chi connectivity index (χ2n) is 20.6. The minimum atomic E-state index is -4.63. The molecule has 1 saturated heterocycles. The minimum Gasteiger partial charge on any atom is -0.453 e. The first kappa shape index (κ1) is 46.9. The highest BCUT2D eigenvalue weighted by atomic mass is 35.5. The van der Waals surface area contributed by atoms with Gasteiger partial charge >= 0.3 is 12.1 Å². The molecule has 0 spiro atoms. The zero-order valence-corrected chi connectivity index (χ0v) is 39.3. The first-order valence-corrected chi connectivity index (χ1v) is 23.7. The van der Waals surface area contributed by atoms with Gasteiger partial charge in [0.2, 0.25) is 5.78 Å². The Morgan fingerprint density at radius 1 is 0.896 bits per heavy atom. The van der Waals surface area contributed by atoms with E-state index < -0.39 is 63.0 Å². The van der Waals surface area contributed by atoms with E-state index in [1.54, 1.807) is 11.0 Å². The van der Waals surface area contributed by atoms with E-state index in [2.05, 4.69) is 6.08 Å². The van der Waals surface area contributed by atoms with Crippen LogP contribution in [0.5, 0.6) is 0 Å². The zero-order valence-electron chi connectivity index (χ0n) is 38.6. The van der Waals surface area contributed by atoms with Crippen LogP contribution in [0.2, 0.25) is 5.02 Å². The summed E-state index contributed by atoms with van der Waals surface area (Å²) in [5.74, 6) is -1.79. The minimum absolute atomic E-state index is 0.00827. The van der Waals surface area contributed by atoms with Crippen molar-refractivity contribution in [2.75, 3.05) is 6.54 Å². The van der Waals surface area contributed by atoms with E-state index in [9.17, 15) is 33.0 Å². The molecular weight excluding hydrogens is 879 g/mol. The number of amides is 1. The fourth-order valence-electron chi connectivity index (χ4n) is 12.0. The largest absolute Gasteiger partial charge is 0.453 e. The first-order chi connectivity index (χ1) is 31.6. The van der Waals surface area contributed by atoms with Gasteiger partial charge in [-0.05, 0) is 141 Å². The molecule has 67 heavy (non-hydrogen) atoms. The molecular formula is C55H57ClF3NO7. The summed E-state index contributed by atoms with van der Waals surface area (Å²) >= 11 is 6.39. The van der Waals surface area contributed by atoms with Gasteiger partial charge in [0.25, 0.3) is 5.91 Å². The molecule has 12 heteroatoms. The van der Waals surface area contributed by atoms with Crippen LogP contribution < -0.4 is 0 Å². The third-order valence-corrected chi connectivity index (χ3v) is 17.0. The van der Waals surface area contributed by atoms with Crippen LogP contribution in [-0.2, 0) is 33.5 Å². The summed E-state index contributed by atoms with van der Waals surface area (Å²) in [6.45, 7) is 9.89. The molecule has 0 radical (unpaired) electrons. The van der Waals surface area contributed by atoms with E-state index in [-0.39, 0.29) is 59.5 Å². The highest BCUT2D eigenvalue weighted by Gasteiger charge is 2.76. The number of nitrogens with zero attached hydrogens (tertiary/aromatic N) is 1. The lowest BCUT2D eigenvalue weighted by atomic mass is 9.64. The van der Waals surface area contributed by atoms with E-state index >= 15 is 4.79 Å². The van der Waals surface area contributed by atoms with Crippen LogP contribution in [0.25, 0.3) is 22.1 Å². The standard InChI is InChI=1S/C55H57ClF3NO7/c1-33-10-9-24-51(4)43(40-19-16-34(28-38(61)18-15-33)29-41(40)47(62)46-22-21-45(66-46)42-30-37(55(57,58)59)17-20-44(42)56)23-25-53(51,65)32-60(31-36-13-8-12-35-11-6-7-14-39(35)36)48(63)54-27-26-52(5,49(64)67-54)50(54,2)3/h6-8,10-14,16-17,19-22,29-30,38,43,61,65H,9,15,18,23-28,31-32H2,1-5H3/t38-,43-,51-,52-,53+,54+/m0/s1. The molecule has 3 fully saturated rings. The maximum absolute atomic E-state index is 15.6. The lowest BCUT2D eigenvalue weighted by Crippen LogP contribution is -2.60. The summed E-state index contributed by atoms with van der Waals surface area (Å²) in [5.41, 5.74) is -2.90. The number of halogens is 4. The molecule has 5 aliphatic rings. The van der Waals surface area contributed by atoms with E-state index in [1.807, 2.05) is 89.2 Å². The number of fused-ring (bicyclic) bond motifs is 11. The number of hydrogen-bond acceptors (Lipinski definition) is 7. The van der Waals surface area contributed by atoms with Crippen LogP contribution in [0.1, 0.15) is 130 Å². The number of carbonyl (C=O) groups excluding carboxylic acids is 3. The highest BCUT2D eigenvalue weighted by molar-refractivity contribution is 6.33. The molecule has 4 bridgehead atoms. The Balaban J connectivity index is 1.14. The Hall–Kier alpha value is -5.23. The molecule has 1 amide bonds. The third-order valence-electron chi connectivity index (χ3n) is 16.7. The second kappa shape index (κ2) is 16.8. The average Bonchev–Trinajstić information content (AvgIpc) is 3.96. The highest BCUT2D eigenvalue weighted by Crippen LogP contribution is 2.66. The number of aliphatic hydroxyl groups excluding tert-OH is 1. The lowest BCUT2D eigenvalue weighted by Gasteiger charge is -2.47. The van der Waals surface area contributed by atoms with Gasteiger partial charge in [-0.2, -0.15) is 13.2 Å². The number of aliphatic hydroxyl groups is 2. The van der Waals surface area contributed by atoms with E-state index in [0.29, 0.717) is 56.1 Å². The molecule has 1 aromatic heterocycles. The Kier molecular flexibility index (Phi) is 11.7. The van der Waals surface area contributed by atoms with Crippen molar-refractivity contribution in [1.29, 1.82) is 0 Å². The molecule has 2 N–H and O–H groups in total. The average molecular weight is 937 g/mol. The molecule has 4 aromatic carbocycles. The van der Waals surface area contributed by atoms with Gasteiger partial charge in [-0.15, -0.1) is 0 Å². The Bertz CT molecular complexity index is 2830. The molecule has 4 aliphatic carbocycles. The van der Waals surface area contributed by atoms with Gasteiger partial charge in [-0.25, -0.2) is 0 Å². The van der Waals surface area contributed by atoms with Gasteiger partial charge in [0.15, 0.2) is 11.4 Å². The number of ketones is 1. The van der Waals surface area contributed by atoms with Crippen molar-refractivity contribution in [3.8, 4) is 11.3 Å². The smallest absolute Gasteiger partial charge is 0.416 e. The predicted molar refractivity (Wildman–Crippen MR) is 250 cm³/mol. The first-order valence-electron chi connectivity index (χ1n) is 23.3. The predicted octanol–water partition coefficient (Wildman–Crippen LogP) is 12.2. The van der Waals surface area contributed by atoms with E-state index in [1.165, 1.54) is 12.1 Å². The molecule has 1 aliphatic heterocycles. The number of furan rings is 1. The monoisotopic (exact) mass is 935 g/mol. The summed E-state index contributed by atoms with van der Waals surface area (Å²) in [6.07, 6.45) is 0.856. The molecule has 10 rings (SSSR count). The van der Waals surface area contributed by atoms with E-state index in [0.717, 1.165) is 40.1 Å². The molecule has 6 atom stereocenters. The van der Waals surface area contributed by atoms with Crippen molar-refractivity contribution in [3.63, 3.8) is 0 Å². The Labute approximate surface area is 394 Å². The molecule has 8 nitrogen and oxygen atoms in total. The van der Waals surface area contributed by atoms with Gasteiger partial charge in [0, 0.05) is 28.5 Å². The van der Waals surface area contributed by atoms with Crippen LogP contribution in [0.4, 0.5) is 13.2 Å². The maximum atomic E-state index is 15.6. The normalized spacial score (nSPS) is 28.2. The Morgan fingerprint density at radius 3 is 2.39 bits per heavy atom. The number of alkyl halides is 3. The van der Waals surface area contributed by atoms with Crippen molar-refractivity contribution >= 4 is 40.0 Å². The van der Waals surface area contributed by atoms with Crippen molar-refractivity contribution in [3.05, 3.63) is 141 Å². The topological polar surface area (TPSA) is 117 Å². The van der Waals surface area contributed by atoms with Gasteiger partial charge in [0.1, 0.15) is 5.76 Å². The number of rotatable bonds is 8. The zero-order chi connectivity index (χ0) is 47.9. The van der Waals surface area contributed by atoms with Crippen molar-refractivity contribution < 1.29 is 46.9 Å². The molecule has 352 valence electrons. The molecule has 5 aromatic rings. The summed E-state index contributed by atoms with van der Waals surface area (Å²) in [7, 11) is 0. The third kappa shape index (κ3) is 7.73. The molecule has 2 saturated carbocycles. The Morgan fingerprint density at radius 2 is 1.66 bits per heavy atom. The number of benzene rings is 4. The summed E-state index contributed by atoms with van der Waals surface area (Å²) in [5, 5.41) is 26.7. The maximum Gasteiger partial charge on any atom is 0.416 e. The number of allylic oxidation sites excluding steroid dienone is 2. The fraction of sp³-hybridized carbons (Fsp3) is 0.436. The van der Waals surface area contributed by atoms with Crippen molar-refractivity contribution in [2.24, 2.45) is 16.2 Å². The van der Waals surface area contributed by atoms with Crippen LogP contribution in [-0.4, -0.2) is 56.6 Å².